The third kappa shape index (κ3) is 2.98. The summed E-state index contributed by atoms with van der Waals surface area (Å²) in [7, 11) is 0. The first-order chi connectivity index (χ1) is 10.3. The molecule has 4 heteroatoms. The summed E-state index contributed by atoms with van der Waals surface area (Å²) in [5, 5.41) is 1.17. The number of nitrogens with two attached hydrogens (primary N) is 1. The van der Waals surface area contributed by atoms with E-state index in [-0.39, 0.29) is 6.04 Å². The zero-order valence-corrected chi connectivity index (χ0v) is 12.6. The van der Waals surface area contributed by atoms with Gasteiger partial charge in [0.2, 0.25) is 0 Å². The van der Waals surface area contributed by atoms with Crippen LogP contribution >= 0.6 is 0 Å². The highest BCUT2D eigenvalue weighted by Crippen LogP contribution is 2.30. The van der Waals surface area contributed by atoms with Crippen molar-refractivity contribution >= 4 is 11.0 Å². The zero-order valence-electron chi connectivity index (χ0n) is 12.6. The van der Waals surface area contributed by atoms with E-state index in [1.165, 1.54) is 17.4 Å². The lowest BCUT2D eigenvalue weighted by molar-refractivity contribution is 0.0602. The second-order valence-corrected chi connectivity index (χ2v) is 5.66. The highest BCUT2D eigenvalue weighted by Gasteiger charge is 2.26. The van der Waals surface area contributed by atoms with Crippen molar-refractivity contribution < 1.29 is 9.15 Å². The number of hydrogen-bond acceptors (Lipinski definition) is 4. The van der Waals surface area contributed by atoms with Gasteiger partial charge in [-0.2, -0.15) is 0 Å². The average Bonchev–Trinajstić information content (AvgIpc) is 3.17. The Kier molecular flexibility index (Phi) is 4.58. The second kappa shape index (κ2) is 6.60. The normalized spacial score (nSPS) is 20.4. The summed E-state index contributed by atoms with van der Waals surface area (Å²) in [5.74, 6) is 0. The van der Waals surface area contributed by atoms with Gasteiger partial charge in [0, 0.05) is 30.6 Å². The Morgan fingerprint density at radius 1 is 1.38 bits per heavy atom. The Balaban J connectivity index is 1.84. The molecular formula is C17H24N2O2. The molecule has 0 saturated carbocycles. The standard InChI is InChI=1S/C17H24N2O2/c1-2-19(11-13-6-5-9-20-13)16(10-18)15-12-21-17-8-4-3-7-14(15)17/h3-4,7-8,12-13,16H,2,5-6,9-11,18H2,1H3. The van der Waals surface area contributed by atoms with Crippen molar-refractivity contribution in [3.8, 4) is 0 Å². The lowest BCUT2D eigenvalue weighted by Gasteiger charge is -2.31. The molecule has 0 spiro atoms. The lowest BCUT2D eigenvalue weighted by Crippen LogP contribution is -2.38. The monoisotopic (exact) mass is 288 g/mol. The van der Waals surface area contributed by atoms with Gasteiger partial charge in [-0.25, -0.2) is 0 Å². The molecule has 2 atom stereocenters. The number of hydrogen-bond donors (Lipinski definition) is 1. The smallest absolute Gasteiger partial charge is 0.134 e. The maximum Gasteiger partial charge on any atom is 0.134 e. The highest BCUT2D eigenvalue weighted by atomic mass is 16.5. The third-order valence-electron chi connectivity index (χ3n) is 4.40. The van der Waals surface area contributed by atoms with E-state index >= 15 is 0 Å². The summed E-state index contributed by atoms with van der Waals surface area (Å²) >= 11 is 0. The molecule has 0 radical (unpaired) electrons. The van der Waals surface area contributed by atoms with E-state index < -0.39 is 0 Å². The van der Waals surface area contributed by atoms with Gasteiger partial charge in [0.05, 0.1) is 18.4 Å². The van der Waals surface area contributed by atoms with Crippen LogP contribution in [-0.4, -0.2) is 37.2 Å². The Hall–Kier alpha value is -1.36. The first kappa shape index (κ1) is 14.6. The number of nitrogens with zero attached hydrogens (tertiary/aromatic N) is 1. The Morgan fingerprint density at radius 3 is 2.95 bits per heavy atom. The molecule has 1 aromatic heterocycles. The first-order valence-electron chi connectivity index (χ1n) is 7.85. The van der Waals surface area contributed by atoms with E-state index in [2.05, 4.69) is 17.9 Å². The number of likely N-dealkylation sites (N-methyl/N-ethyl adjacent to an activating group) is 1. The molecule has 0 bridgehead atoms. The van der Waals surface area contributed by atoms with E-state index in [9.17, 15) is 0 Å². The minimum atomic E-state index is 0.183. The Labute approximate surface area is 125 Å². The quantitative estimate of drug-likeness (QED) is 0.888. The van der Waals surface area contributed by atoms with Gasteiger partial charge >= 0.3 is 0 Å². The first-order valence-corrected chi connectivity index (χ1v) is 7.85. The minimum absolute atomic E-state index is 0.183. The molecule has 1 aliphatic heterocycles. The molecule has 3 rings (SSSR count). The van der Waals surface area contributed by atoms with Crippen LogP contribution < -0.4 is 5.73 Å². The zero-order chi connectivity index (χ0) is 14.7. The van der Waals surface area contributed by atoms with Crippen LogP contribution in [0.4, 0.5) is 0 Å². The number of furan rings is 1. The van der Waals surface area contributed by atoms with Crippen molar-refractivity contribution in [3.05, 3.63) is 36.1 Å². The summed E-state index contributed by atoms with van der Waals surface area (Å²) in [6.45, 7) is 5.56. The van der Waals surface area contributed by atoms with Crippen LogP contribution in [0.1, 0.15) is 31.4 Å². The fraction of sp³-hybridized carbons (Fsp3) is 0.529. The van der Waals surface area contributed by atoms with Crippen molar-refractivity contribution in [2.24, 2.45) is 5.73 Å². The summed E-state index contributed by atoms with van der Waals surface area (Å²) in [4.78, 5) is 2.41. The molecule has 2 unspecified atom stereocenters. The molecule has 21 heavy (non-hydrogen) atoms. The molecule has 2 N–H and O–H groups in total. The van der Waals surface area contributed by atoms with E-state index in [1.807, 2.05) is 24.5 Å². The SMILES string of the molecule is CCN(CC1CCCO1)C(CN)c1coc2ccccc12. The van der Waals surface area contributed by atoms with Gasteiger partial charge in [-0.3, -0.25) is 4.90 Å². The molecule has 0 amide bonds. The van der Waals surface area contributed by atoms with Gasteiger partial charge in [0.1, 0.15) is 5.58 Å². The molecule has 0 aliphatic carbocycles. The second-order valence-electron chi connectivity index (χ2n) is 5.66. The number of para-hydroxylation sites is 1. The number of fused-ring (bicyclic) bond motifs is 1. The van der Waals surface area contributed by atoms with Gasteiger partial charge in [0.25, 0.3) is 0 Å². The van der Waals surface area contributed by atoms with E-state index in [1.54, 1.807) is 0 Å². The Morgan fingerprint density at radius 2 is 2.24 bits per heavy atom. The van der Waals surface area contributed by atoms with Crippen LogP contribution in [0.15, 0.2) is 34.9 Å². The Bertz CT molecular complexity index is 575. The highest BCUT2D eigenvalue weighted by molar-refractivity contribution is 5.81. The van der Waals surface area contributed by atoms with Crippen molar-refractivity contribution in [1.82, 2.24) is 4.90 Å². The number of benzene rings is 1. The molecule has 114 valence electrons. The van der Waals surface area contributed by atoms with Crippen LogP contribution in [0, 0.1) is 0 Å². The number of ether oxygens (including phenoxy) is 1. The van der Waals surface area contributed by atoms with Gasteiger partial charge in [0.15, 0.2) is 0 Å². The molecule has 2 aromatic rings. The molecule has 1 aromatic carbocycles. The maximum atomic E-state index is 6.08. The predicted octanol–water partition coefficient (Wildman–Crippen LogP) is 2.93. The summed E-state index contributed by atoms with van der Waals surface area (Å²) < 4.78 is 11.5. The maximum absolute atomic E-state index is 6.08. The average molecular weight is 288 g/mol. The summed E-state index contributed by atoms with van der Waals surface area (Å²) in [6.07, 6.45) is 4.53. The molecule has 4 nitrogen and oxygen atoms in total. The topological polar surface area (TPSA) is 51.6 Å². The fourth-order valence-corrected chi connectivity index (χ4v) is 3.26. The van der Waals surface area contributed by atoms with Crippen LogP contribution in [0.25, 0.3) is 11.0 Å². The molecule has 2 heterocycles. The van der Waals surface area contributed by atoms with Crippen molar-refractivity contribution in [1.29, 1.82) is 0 Å². The van der Waals surface area contributed by atoms with E-state index in [0.29, 0.717) is 12.6 Å². The van der Waals surface area contributed by atoms with Crippen LogP contribution in [0.2, 0.25) is 0 Å². The largest absolute Gasteiger partial charge is 0.464 e. The van der Waals surface area contributed by atoms with Crippen LogP contribution in [-0.2, 0) is 4.74 Å². The molecule has 1 saturated heterocycles. The predicted molar refractivity (Wildman–Crippen MR) is 84.2 cm³/mol. The third-order valence-corrected chi connectivity index (χ3v) is 4.40. The van der Waals surface area contributed by atoms with Crippen molar-refractivity contribution in [2.75, 3.05) is 26.2 Å². The van der Waals surface area contributed by atoms with E-state index in [4.69, 9.17) is 14.9 Å². The fourth-order valence-electron chi connectivity index (χ4n) is 3.26. The van der Waals surface area contributed by atoms with Crippen LogP contribution in [0.5, 0.6) is 0 Å². The molecular weight excluding hydrogens is 264 g/mol. The summed E-state index contributed by atoms with van der Waals surface area (Å²) in [6, 6.07) is 8.34. The molecule has 1 aliphatic rings. The van der Waals surface area contributed by atoms with E-state index in [0.717, 1.165) is 31.7 Å². The van der Waals surface area contributed by atoms with Crippen molar-refractivity contribution in [2.45, 2.75) is 31.9 Å². The number of rotatable bonds is 6. The molecule has 1 fully saturated rings. The lowest BCUT2D eigenvalue weighted by atomic mass is 10.0. The van der Waals surface area contributed by atoms with Gasteiger partial charge in [-0.1, -0.05) is 25.1 Å². The van der Waals surface area contributed by atoms with Crippen molar-refractivity contribution in [3.63, 3.8) is 0 Å². The summed E-state index contributed by atoms with van der Waals surface area (Å²) in [5.41, 5.74) is 8.20. The minimum Gasteiger partial charge on any atom is -0.464 e. The van der Waals surface area contributed by atoms with Gasteiger partial charge < -0.3 is 14.9 Å². The van der Waals surface area contributed by atoms with Crippen LogP contribution in [0.3, 0.4) is 0 Å². The van der Waals surface area contributed by atoms with Gasteiger partial charge in [-0.05, 0) is 25.5 Å². The van der Waals surface area contributed by atoms with Gasteiger partial charge in [-0.15, -0.1) is 0 Å².